The van der Waals surface area contributed by atoms with Crippen molar-refractivity contribution in [1.29, 1.82) is 0 Å². The van der Waals surface area contributed by atoms with Crippen molar-refractivity contribution in [2.45, 2.75) is 25.9 Å². The van der Waals surface area contributed by atoms with Crippen LogP contribution in [0.1, 0.15) is 23.4 Å². The second-order valence-electron chi connectivity index (χ2n) is 9.26. The van der Waals surface area contributed by atoms with E-state index in [-0.39, 0.29) is 48.9 Å². The van der Waals surface area contributed by atoms with E-state index >= 15 is 0 Å². The van der Waals surface area contributed by atoms with Gasteiger partial charge in [-0.15, -0.1) is 0 Å². The van der Waals surface area contributed by atoms with Gasteiger partial charge < -0.3 is 20.9 Å². The van der Waals surface area contributed by atoms with Crippen molar-refractivity contribution in [3.05, 3.63) is 92.1 Å². The average molecular weight is 480 g/mol. The number of imidazole rings is 1. The summed E-state index contributed by atoms with van der Waals surface area (Å²) in [6.07, 6.45) is 0.930. The van der Waals surface area contributed by atoms with Crippen LogP contribution in [0.25, 0.3) is 11.2 Å². The van der Waals surface area contributed by atoms with Gasteiger partial charge in [0.25, 0.3) is 5.56 Å². The topological polar surface area (TPSA) is 139 Å². The lowest BCUT2D eigenvalue weighted by Gasteiger charge is -2.14. The largest absolute Gasteiger partial charge is 0.399 e. The Labute approximate surface area is 199 Å². The Hall–Kier alpha value is -3.76. The number of rotatable bonds is 8. The molecular weight excluding hydrogens is 453 g/mol. The lowest BCUT2D eigenvalue weighted by Crippen LogP contribution is -2.41. The molecule has 1 fully saturated rings. The summed E-state index contributed by atoms with van der Waals surface area (Å²) in [5, 5.41) is 19.4. The van der Waals surface area contributed by atoms with Crippen molar-refractivity contribution in [3.63, 3.8) is 0 Å². The number of aliphatic hydroxyl groups excluding tert-OH is 2. The first-order chi connectivity index (χ1) is 16.8. The molecular formula is C25H26FN5O4. The van der Waals surface area contributed by atoms with Crippen molar-refractivity contribution < 1.29 is 14.6 Å². The number of nitrogens with two attached hydrogens (primary N) is 1. The Morgan fingerprint density at radius 1 is 1.09 bits per heavy atom. The Bertz CT molecular complexity index is 1500. The number of benzene rings is 2. The van der Waals surface area contributed by atoms with E-state index < -0.39 is 22.5 Å². The first kappa shape index (κ1) is 23.0. The van der Waals surface area contributed by atoms with E-state index in [1.165, 1.54) is 22.8 Å². The molecule has 0 aliphatic heterocycles. The zero-order valence-corrected chi connectivity index (χ0v) is 18.9. The molecule has 182 valence electrons. The second kappa shape index (κ2) is 8.79. The highest BCUT2D eigenvalue weighted by Crippen LogP contribution is 2.52. The third kappa shape index (κ3) is 4.15. The summed E-state index contributed by atoms with van der Waals surface area (Å²) in [6, 6.07) is 13.2. The fourth-order valence-corrected chi connectivity index (χ4v) is 4.58. The van der Waals surface area contributed by atoms with Gasteiger partial charge in [-0.25, -0.2) is 14.2 Å². The molecule has 2 heterocycles. The van der Waals surface area contributed by atoms with Crippen LogP contribution in [0.2, 0.25) is 0 Å². The summed E-state index contributed by atoms with van der Waals surface area (Å²) >= 11 is 0. The number of aromatic nitrogens is 4. The van der Waals surface area contributed by atoms with Crippen LogP contribution in [-0.4, -0.2) is 42.5 Å². The van der Waals surface area contributed by atoms with E-state index in [4.69, 9.17) is 5.73 Å². The standard InChI is InChI=1S/C25H26FN5O4/c26-19-4-2-1-3-16(19)11-31-23(34)21-22(29-20(28-21)9-15-5-7-18(27)8-6-15)30(24(31)35)12-17-10-25(17,13-32)14-33/h1-8,17,32-33H,9-14,27H2,(H,28,29). The third-order valence-corrected chi connectivity index (χ3v) is 6.94. The average Bonchev–Trinajstić information content (AvgIpc) is 3.41. The normalized spacial score (nSPS) is 16.6. The summed E-state index contributed by atoms with van der Waals surface area (Å²) in [6.45, 7) is -0.476. The molecule has 1 aliphatic rings. The summed E-state index contributed by atoms with van der Waals surface area (Å²) in [7, 11) is 0. The second-order valence-corrected chi connectivity index (χ2v) is 9.26. The number of hydrogen-bond donors (Lipinski definition) is 4. The Morgan fingerprint density at radius 3 is 2.46 bits per heavy atom. The quantitative estimate of drug-likeness (QED) is 0.281. The van der Waals surface area contributed by atoms with Crippen LogP contribution in [0.15, 0.2) is 58.1 Å². The molecule has 0 spiro atoms. The van der Waals surface area contributed by atoms with Crippen molar-refractivity contribution in [3.8, 4) is 0 Å². The number of H-pyrrole nitrogens is 1. The molecule has 35 heavy (non-hydrogen) atoms. The zero-order chi connectivity index (χ0) is 24.7. The molecule has 1 unspecified atom stereocenters. The number of aliphatic hydroxyl groups is 2. The minimum absolute atomic E-state index is 0.144. The zero-order valence-electron chi connectivity index (χ0n) is 18.9. The van der Waals surface area contributed by atoms with Crippen molar-refractivity contribution in [1.82, 2.24) is 19.1 Å². The number of fused-ring (bicyclic) bond motifs is 1. The van der Waals surface area contributed by atoms with E-state index in [1.807, 2.05) is 12.1 Å². The van der Waals surface area contributed by atoms with Gasteiger partial charge in [-0.1, -0.05) is 30.3 Å². The van der Waals surface area contributed by atoms with Gasteiger partial charge in [-0.05, 0) is 36.1 Å². The molecule has 1 aliphatic carbocycles. The fraction of sp³-hybridized carbons (Fsp3) is 0.320. The molecule has 0 bridgehead atoms. The van der Waals surface area contributed by atoms with Gasteiger partial charge in [0.2, 0.25) is 0 Å². The monoisotopic (exact) mass is 479 g/mol. The van der Waals surface area contributed by atoms with Crippen LogP contribution in [0.4, 0.5) is 10.1 Å². The number of hydrogen-bond acceptors (Lipinski definition) is 6. The maximum atomic E-state index is 14.3. The number of nitrogens with zero attached hydrogens (tertiary/aromatic N) is 3. The van der Waals surface area contributed by atoms with Gasteiger partial charge in [-0.3, -0.25) is 13.9 Å². The van der Waals surface area contributed by atoms with Crippen molar-refractivity contribution in [2.75, 3.05) is 18.9 Å². The summed E-state index contributed by atoms with van der Waals surface area (Å²) < 4.78 is 16.7. The molecule has 1 saturated carbocycles. The highest BCUT2D eigenvalue weighted by molar-refractivity contribution is 5.70. The van der Waals surface area contributed by atoms with Gasteiger partial charge in [-0.2, -0.15) is 0 Å². The lowest BCUT2D eigenvalue weighted by atomic mass is 10.1. The van der Waals surface area contributed by atoms with Crippen LogP contribution < -0.4 is 17.0 Å². The summed E-state index contributed by atoms with van der Waals surface area (Å²) in [5.41, 5.74) is 5.99. The molecule has 2 aromatic carbocycles. The Morgan fingerprint density at radius 2 is 1.80 bits per heavy atom. The molecule has 10 heteroatoms. The fourth-order valence-electron chi connectivity index (χ4n) is 4.58. The maximum absolute atomic E-state index is 14.3. The SMILES string of the molecule is Nc1ccc(Cc2nc3c([nH]2)c(=O)n(Cc2ccccc2F)c(=O)n3CC2CC2(CO)CO)cc1. The van der Waals surface area contributed by atoms with Gasteiger partial charge in [0.15, 0.2) is 5.65 Å². The van der Waals surface area contributed by atoms with Crippen molar-refractivity contribution >= 4 is 16.9 Å². The number of halogens is 1. The minimum atomic E-state index is -0.665. The van der Waals surface area contributed by atoms with E-state index in [9.17, 15) is 24.2 Å². The van der Waals surface area contributed by atoms with Gasteiger partial charge in [0.05, 0.1) is 19.8 Å². The molecule has 5 N–H and O–H groups in total. The smallest absolute Gasteiger partial charge is 0.333 e. The molecule has 0 saturated heterocycles. The van der Waals surface area contributed by atoms with Crippen LogP contribution in [0, 0.1) is 17.2 Å². The molecule has 9 nitrogen and oxygen atoms in total. The minimum Gasteiger partial charge on any atom is -0.399 e. The maximum Gasteiger partial charge on any atom is 0.333 e. The van der Waals surface area contributed by atoms with Crippen molar-refractivity contribution in [2.24, 2.45) is 11.3 Å². The highest BCUT2D eigenvalue weighted by Gasteiger charge is 2.53. The molecule has 0 amide bonds. The predicted molar refractivity (Wildman–Crippen MR) is 128 cm³/mol. The third-order valence-electron chi connectivity index (χ3n) is 6.94. The van der Waals surface area contributed by atoms with E-state index in [2.05, 4.69) is 9.97 Å². The lowest BCUT2D eigenvalue weighted by molar-refractivity contribution is 0.119. The van der Waals surface area contributed by atoms with Crippen LogP contribution in [-0.2, 0) is 19.5 Å². The molecule has 0 radical (unpaired) electrons. The van der Waals surface area contributed by atoms with E-state index in [0.717, 1.165) is 10.1 Å². The van der Waals surface area contributed by atoms with E-state index in [0.29, 0.717) is 24.4 Å². The number of nitrogen functional groups attached to an aromatic ring is 1. The molecule has 2 aromatic heterocycles. The number of anilines is 1. The predicted octanol–water partition coefficient (Wildman–Crippen LogP) is 1.24. The van der Waals surface area contributed by atoms with E-state index in [1.54, 1.807) is 18.2 Å². The summed E-state index contributed by atoms with van der Waals surface area (Å²) in [5.74, 6) is -0.180. The van der Waals surface area contributed by atoms with Crippen LogP contribution >= 0.6 is 0 Å². The Balaban J connectivity index is 1.61. The first-order valence-corrected chi connectivity index (χ1v) is 11.4. The molecule has 4 aromatic rings. The molecule has 5 rings (SSSR count). The van der Waals surface area contributed by atoms with Gasteiger partial charge in [0.1, 0.15) is 17.2 Å². The number of aromatic amines is 1. The van der Waals surface area contributed by atoms with Gasteiger partial charge in [0, 0.05) is 29.6 Å². The highest BCUT2D eigenvalue weighted by atomic mass is 19.1. The first-order valence-electron chi connectivity index (χ1n) is 11.4. The molecule has 1 atom stereocenters. The van der Waals surface area contributed by atoms with Crippen LogP contribution in [0.3, 0.4) is 0 Å². The van der Waals surface area contributed by atoms with Gasteiger partial charge >= 0.3 is 5.69 Å². The Kier molecular flexibility index (Phi) is 5.78. The van der Waals surface area contributed by atoms with Crippen LogP contribution in [0.5, 0.6) is 0 Å². The number of nitrogens with one attached hydrogen (secondary N) is 1. The summed E-state index contributed by atoms with van der Waals surface area (Å²) in [4.78, 5) is 34.4.